The van der Waals surface area contributed by atoms with Gasteiger partial charge in [-0.05, 0) is 83.0 Å². The normalized spacial score (nSPS) is 19.1. The van der Waals surface area contributed by atoms with Gasteiger partial charge in [-0.3, -0.25) is 24.5 Å². The van der Waals surface area contributed by atoms with Crippen molar-refractivity contribution in [3.8, 4) is 17.2 Å². The van der Waals surface area contributed by atoms with Crippen LogP contribution < -0.4 is 9.47 Å². The molecule has 14 heteroatoms. The third kappa shape index (κ3) is 7.33. The molecule has 0 bridgehead atoms. The molecule has 0 saturated heterocycles. The number of alkyl halides is 3. The summed E-state index contributed by atoms with van der Waals surface area (Å²) in [4.78, 5) is 52.6. The number of carbonyl (C=O) groups is 3. The van der Waals surface area contributed by atoms with Gasteiger partial charge in [0.25, 0.3) is 0 Å². The second-order valence-electron chi connectivity index (χ2n) is 14.1. The number of hydrogen-bond acceptors (Lipinski definition) is 8. The number of nitro groups is 1. The maximum absolute atomic E-state index is 14.1. The Balaban J connectivity index is 1.71. The summed E-state index contributed by atoms with van der Waals surface area (Å²) in [7, 11) is 0. The van der Waals surface area contributed by atoms with Crippen LogP contribution in [0.3, 0.4) is 0 Å². The van der Waals surface area contributed by atoms with E-state index < -0.39 is 50.8 Å². The maximum atomic E-state index is 14.1. The molecule has 0 fully saturated rings. The molecule has 1 heterocycles. The molecule has 3 aliphatic rings. The second kappa shape index (κ2) is 13.1. The summed E-state index contributed by atoms with van der Waals surface area (Å²) in [6.07, 6.45) is -3.63. The van der Waals surface area contributed by atoms with Crippen molar-refractivity contribution >= 4 is 45.8 Å². The Bertz CT molecular complexity index is 1780. The van der Waals surface area contributed by atoms with Gasteiger partial charge in [-0.1, -0.05) is 27.7 Å². The number of hydrogen-bond donors (Lipinski definition) is 1. The van der Waals surface area contributed by atoms with E-state index in [1.165, 1.54) is 0 Å². The first-order chi connectivity index (χ1) is 22.7. The highest BCUT2D eigenvalue weighted by Crippen LogP contribution is 2.55. The highest BCUT2D eigenvalue weighted by Gasteiger charge is 2.49. The molecule has 0 amide bonds. The molecular weight excluding hydrogens is 760 g/mol. The highest BCUT2D eigenvalue weighted by atomic mass is 127. The number of aliphatic carboxylic acids is 1. The number of ether oxygens (including phenoxy) is 2. The molecule has 0 unspecified atom stereocenters. The number of ketones is 2. The first-order valence-corrected chi connectivity index (χ1v) is 16.8. The molecule has 0 radical (unpaired) electrons. The molecule has 262 valence electrons. The lowest BCUT2D eigenvalue weighted by Crippen LogP contribution is -2.45. The molecular formula is C35H36F3IN2O8. The number of benzene rings is 2. The average molecular weight is 797 g/mol. The Morgan fingerprint density at radius 1 is 1.00 bits per heavy atom. The standard InChI is InChI=1S/C35H36F3IN2O8/c1-6-48-27-12-18(11-20(39)32(27)49-26-8-7-19(35(36,37)38)13-21(26)41(46)47)29-30-22(14-33(2,3)16-24(30)42)40(10-9-28(44)45)23-15-34(4,5)17-25(43)31(23)29/h7-8,11-13,29H,6,9-10,14-17H2,1-5H3,(H,44,45). The van der Waals surface area contributed by atoms with E-state index >= 15 is 0 Å². The predicted molar refractivity (Wildman–Crippen MR) is 180 cm³/mol. The van der Waals surface area contributed by atoms with Crippen LogP contribution in [0.15, 0.2) is 52.9 Å². The molecule has 0 aromatic heterocycles. The molecule has 2 aromatic carbocycles. The minimum atomic E-state index is -4.81. The maximum Gasteiger partial charge on any atom is 0.416 e. The van der Waals surface area contributed by atoms with Crippen molar-refractivity contribution in [1.29, 1.82) is 0 Å². The van der Waals surface area contributed by atoms with E-state index in [0.717, 1.165) is 6.07 Å². The van der Waals surface area contributed by atoms with Crippen LogP contribution in [0.2, 0.25) is 0 Å². The van der Waals surface area contributed by atoms with Crippen LogP contribution in [0.5, 0.6) is 17.2 Å². The van der Waals surface area contributed by atoms with Crippen LogP contribution in [-0.4, -0.2) is 45.6 Å². The van der Waals surface area contributed by atoms with E-state index in [1.807, 2.05) is 55.2 Å². The Hall–Kier alpha value is -3.95. The number of carbonyl (C=O) groups excluding carboxylic acids is 2. The summed E-state index contributed by atoms with van der Waals surface area (Å²) in [5.41, 5.74) is -0.201. The van der Waals surface area contributed by atoms with E-state index in [1.54, 1.807) is 19.1 Å². The van der Waals surface area contributed by atoms with Gasteiger partial charge >= 0.3 is 17.8 Å². The lowest BCUT2D eigenvalue weighted by Gasteiger charge is -2.49. The summed E-state index contributed by atoms with van der Waals surface area (Å²) in [5, 5.41) is 21.4. The van der Waals surface area contributed by atoms with E-state index in [-0.39, 0.29) is 55.5 Å². The zero-order valence-electron chi connectivity index (χ0n) is 27.6. The predicted octanol–water partition coefficient (Wildman–Crippen LogP) is 8.57. The monoisotopic (exact) mass is 796 g/mol. The number of rotatable bonds is 9. The van der Waals surface area contributed by atoms with Crippen LogP contribution >= 0.6 is 22.6 Å². The zero-order chi connectivity index (χ0) is 36.2. The fraction of sp³-hybridized carbons (Fsp3) is 0.457. The van der Waals surface area contributed by atoms with E-state index in [0.29, 0.717) is 56.6 Å². The lowest BCUT2D eigenvalue weighted by molar-refractivity contribution is -0.385. The first kappa shape index (κ1) is 36.3. The molecule has 0 saturated carbocycles. The molecule has 0 atom stereocenters. The van der Waals surface area contributed by atoms with Gasteiger partial charge in [-0.2, -0.15) is 13.2 Å². The first-order valence-electron chi connectivity index (χ1n) is 15.7. The molecule has 5 rings (SSSR count). The number of halogens is 4. The van der Waals surface area contributed by atoms with Crippen LogP contribution in [0.4, 0.5) is 18.9 Å². The number of carboxylic acids is 1. The Kier molecular flexibility index (Phi) is 9.69. The summed E-state index contributed by atoms with van der Waals surface area (Å²) in [6, 6.07) is 5.26. The summed E-state index contributed by atoms with van der Waals surface area (Å²) < 4.78 is 52.3. The van der Waals surface area contributed by atoms with Gasteiger partial charge in [0.15, 0.2) is 23.1 Å². The Labute approximate surface area is 294 Å². The van der Waals surface area contributed by atoms with Crippen molar-refractivity contribution in [1.82, 2.24) is 4.90 Å². The zero-order valence-corrected chi connectivity index (χ0v) is 29.8. The SMILES string of the molecule is CCOc1cc(C2C3=C(CC(C)(C)CC3=O)N(CCC(=O)O)C3=C2C(=O)CC(C)(C)C3)cc(I)c1Oc1ccc(C(F)(F)F)cc1[N+](=O)[O-]. The molecule has 2 aliphatic carbocycles. The minimum Gasteiger partial charge on any atom is -0.490 e. The number of Topliss-reactive ketones (excluding diaryl/α,β-unsaturated/α-hetero) is 2. The number of allylic oxidation sites excluding steroid dienone is 4. The van der Waals surface area contributed by atoms with Gasteiger partial charge in [0.05, 0.1) is 27.1 Å². The smallest absolute Gasteiger partial charge is 0.416 e. The van der Waals surface area contributed by atoms with Gasteiger partial charge < -0.3 is 19.5 Å². The summed E-state index contributed by atoms with van der Waals surface area (Å²) in [5.74, 6) is -2.43. The van der Waals surface area contributed by atoms with Crippen molar-refractivity contribution < 1.29 is 47.1 Å². The van der Waals surface area contributed by atoms with Crippen molar-refractivity contribution in [3.05, 3.63) is 77.7 Å². The van der Waals surface area contributed by atoms with Crippen LogP contribution in [0, 0.1) is 24.5 Å². The average Bonchev–Trinajstić information content (AvgIpc) is 2.95. The van der Waals surface area contributed by atoms with E-state index in [2.05, 4.69) is 0 Å². The lowest BCUT2D eigenvalue weighted by atomic mass is 9.63. The third-order valence-electron chi connectivity index (χ3n) is 8.93. The Morgan fingerprint density at radius 3 is 2.06 bits per heavy atom. The van der Waals surface area contributed by atoms with E-state index in [4.69, 9.17) is 9.47 Å². The summed E-state index contributed by atoms with van der Waals surface area (Å²) >= 11 is 1.93. The third-order valence-corrected chi connectivity index (χ3v) is 9.73. The molecule has 10 nitrogen and oxygen atoms in total. The molecule has 0 spiro atoms. The fourth-order valence-electron chi connectivity index (χ4n) is 7.01. The Morgan fingerprint density at radius 2 is 1.57 bits per heavy atom. The van der Waals surface area contributed by atoms with Gasteiger partial charge in [-0.15, -0.1) is 0 Å². The van der Waals surface area contributed by atoms with Gasteiger partial charge in [0, 0.05) is 53.9 Å². The molecule has 1 aliphatic heterocycles. The van der Waals surface area contributed by atoms with Crippen LogP contribution in [-0.2, 0) is 20.6 Å². The van der Waals surface area contributed by atoms with Gasteiger partial charge in [-0.25, -0.2) is 0 Å². The minimum absolute atomic E-state index is 0.0172. The topological polar surface area (TPSA) is 136 Å². The summed E-state index contributed by atoms with van der Waals surface area (Å²) in [6.45, 7) is 9.81. The second-order valence-corrected chi connectivity index (χ2v) is 15.3. The van der Waals surface area contributed by atoms with Crippen LogP contribution in [0.1, 0.15) is 83.8 Å². The van der Waals surface area contributed by atoms with E-state index in [9.17, 15) is 42.8 Å². The quantitative estimate of drug-likeness (QED) is 0.150. The fourth-order valence-corrected chi connectivity index (χ4v) is 7.74. The van der Waals surface area contributed by atoms with Crippen LogP contribution in [0.25, 0.3) is 0 Å². The molecule has 2 aromatic rings. The van der Waals surface area contributed by atoms with Crippen molar-refractivity contribution in [2.75, 3.05) is 13.2 Å². The number of nitro benzene ring substituents is 1. The van der Waals surface area contributed by atoms with Gasteiger partial charge in [0.1, 0.15) is 0 Å². The van der Waals surface area contributed by atoms with Crippen molar-refractivity contribution in [2.24, 2.45) is 10.8 Å². The highest BCUT2D eigenvalue weighted by molar-refractivity contribution is 14.1. The molecule has 1 N–H and O–H groups in total. The van der Waals surface area contributed by atoms with Crippen molar-refractivity contribution in [3.63, 3.8) is 0 Å². The largest absolute Gasteiger partial charge is 0.490 e. The van der Waals surface area contributed by atoms with Gasteiger partial charge in [0.2, 0.25) is 5.75 Å². The number of carboxylic acid groups (broad SMARTS) is 1. The molecule has 49 heavy (non-hydrogen) atoms. The number of nitrogens with zero attached hydrogens (tertiary/aromatic N) is 2. The van der Waals surface area contributed by atoms with Crippen molar-refractivity contribution in [2.45, 2.75) is 78.8 Å².